The lowest BCUT2D eigenvalue weighted by Crippen LogP contribution is -2.45. The average molecular weight is 583 g/mol. The van der Waals surface area contributed by atoms with Gasteiger partial charge in [0.25, 0.3) is 0 Å². The molecule has 10 heteroatoms. The first-order chi connectivity index (χ1) is 17.9. The van der Waals surface area contributed by atoms with Crippen LogP contribution in [-0.2, 0) is 4.74 Å². The van der Waals surface area contributed by atoms with Gasteiger partial charge in [0.15, 0.2) is 5.82 Å². The van der Waals surface area contributed by atoms with E-state index in [0.29, 0.717) is 38.7 Å². The number of hydrogen-bond donors (Lipinski definition) is 1. The maximum Gasteiger partial charge on any atom is 0.410 e. The molecule has 38 heavy (non-hydrogen) atoms. The summed E-state index contributed by atoms with van der Waals surface area (Å²) in [5, 5.41) is 5.12. The highest BCUT2D eigenvalue weighted by atomic mass is 35.5. The largest absolute Gasteiger partial charge is 0.444 e. The lowest BCUT2D eigenvalue weighted by atomic mass is 9.80. The summed E-state index contributed by atoms with van der Waals surface area (Å²) in [7, 11) is 0. The number of hydrogen-bond acceptors (Lipinski definition) is 6. The number of amides is 1. The summed E-state index contributed by atoms with van der Waals surface area (Å²) in [4.78, 5) is 26.2. The second-order valence-electron chi connectivity index (χ2n) is 11.5. The van der Waals surface area contributed by atoms with Crippen LogP contribution in [0.4, 0.5) is 16.6 Å². The lowest BCUT2D eigenvalue weighted by Gasteiger charge is -2.41. The Kier molecular flexibility index (Phi) is 9.21. The van der Waals surface area contributed by atoms with Gasteiger partial charge in [-0.15, -0.1) is 0 Å². The second kappa shape index (κ2) is 12.1. The van der Waals surface area contributed by atoms with E-state index in [2.05, 4.69) is 10.2 Å². The third-order valence-electron chi connectivity index (χ3n) is 7.39. The number of carbonyl (C=O) groups excluding carboxylic acids is 1. The molecule has 2 aromatic rings. The molecule has 1 aromatic carbocycles. The second-order valence-corrected chi connectivity index (χ2v) is 12.7. The topological polar surface area (TPSA) is 70.6 Å². The quantitative estimate of drug-likeness (QED) is 0.388. The number of anilines is 2. The van der Waals surface area contributed by atoms with Crippen LogP contribution in [0.5, 0.6) is 0 Å². The number of piperidine rings is 2. The van der Waals surface area contributed by atoms with Gasteiger partial charge in [0.2, 0.25) is 5.95 Å². The van der Waals surface area contributed by atoms with Gasteiger partial charge in [0, 0.05) is 36.2 Å². The van der Waals surface area contributed by atoms with Crippen molar-refractivity contribution in [3.63, 3.8) is 0 Å². The van der Waals surface area contributed by atoms with Gasteiger partial charge in [-0.1, -0.05) is 40.9 Å². The van der Waals surface area contributed by atoms with Gasteiger partial charge in [0.05, 0.1) is 11.7 Å². The van der Waals surface area contributed by atoms with E-state index in [4.69, 9.17) is 49.5 Å². The van der Waals surface area contributed by atoms with Crippen LogP contribution in [0.1, 0.15) is 70.7 Å². The summed E-state index contributed by atoms with van der Waals surface area (Å²) in [6, 6.07) is 5.35. The molecule has 3 heterocycles. The van der Waals surface area contributed by atoms with E-state index in [-0.39, 0.29) is 12.1 Å². The van der Waals surface area contributed by atoms with Crippen molar-refractivity contribution in [2.45, 2.75) is 71.9 Å². The first kappa shape index (κ1) is 29.0. The average Bonchev–Trinajstić information content (AvgIpc) is 2.85. The van der Waals surface area contributed by atoms with Gasteiger partial charge >= 0.3 is 6.09 Å². The standard InChI is InChI=1S/C28H38Cl3N5O2/c1-17(22-9-8-21(29)15-23(22)30)32-25-24(31)18(2)33-26(34-25)36-12-6-7-20(16-36)19-10-13-35(14-11-19)27(37)38-28(3,4)5/h8-9,15,17,19-20H,6-7,10-14,16H2,1-5H3,(H,32,33,34). The van der Waals surface area contributed by atoms with Gasteiger partial charge in [-0.25, -0.2) is 9.78 Å². The molecule has 208 valence electrons. The molecule has 0 saturated carbocycles. The first-order valence-corrected chi connectivity index (χ1v) is 14.5. The molecule has 0 aliphatic carbocycles. The zero-order chi connectivity index (χ0) is 27.6. The molecule has 2 fully saturated rings. The van der Waals surface area contributed by atoms with E-state index in [1.54, 1.807) is 6.07 Å². The van der Waals surface area contributed by atoms with Gasteiger partial charge in [-0.3, -0.25) is 0 Å². The van der Waals surface area contributed by atoms with Crippen molar-refractivity contribution in [2.24, 2.45) is 11.8 Å². The van der Waals surface area contributed by atoms with Crippen molar-refractivity contribution in [1.82, 2.24) is 14.9 Å². The van der Waals surface area contributed by atoms with E-state index in [1.165, 1.54) is 6.42 Å². The molecule has 0 radical (unpaired) electrons. The molecule has 1 N–H and O–H groups in total. The third-order valence-corrected chi connectivity index (χ3v) is 8.40. The van der Waals surface area contributed by atoms with Crippen LogP contribution in [-0.4, -0.2) is 52.7 Å². The van der Waals surface area contributed by atoms with E-state index >= 15 is 0 Å². The molecule has 1 amide bonds. The first-order valence-electron chi connectivity index (χ1n) is 13.4. The van der Waals surface area contributed by atoms with Crippen molar-refractivity contribution < 1.29 is 9.53 Å². The van der Waals surface area contributed by atoms with Crippen molar-refractivity contribution in [2.75, 3.05) is 36.4 Å². The number of aryl methyl sites for hydroxylation is 1. The maximum atomic E-state index is 12.5. The molecule has 4 rings (SSSR count). The summed E-state index contributed by atoms with van der Waals surface area (Å²) in [5.74, 6) is 2.39. The van der Waals surface area contributed by atoms with E-state index in [9.17, 15) is 4.79 Å². The SMILES string of the molecule is Cc1nc(N2CCCC(C3CCN(C(=O)OC(C)(C)C)CC3)C2)nc(NC(C)c2ccc(Cl)cc2Cl)c1Cl. The lowest BCUT2D eigenvalue weighted by molar-refractivity contribution is 0.0155. The van der Waals surface area contributed by atoms with Crippen molar-refractivity contribution >= 4 is 52.7 Å². The Morgan fingerprint density at radius 1 is 1.08 bits per heavy atom. The summed E-state index contributed by atoms with van der Waals surface area (Å²) in [6.07, 6.45) is 4.04. The number of nitrogens with one attached hydrogen (secondary N) is 1. The Hall–Kier alpha value is -1.96. The van der Waals surface area contributed by atoms with Crippen LogP contribution in [0, 0.1) is 18.8 Å². The van der Waals surface area contributed by atoms with Crippen LogP contribution < -0.4 is 10.2 Å². The summed E-state index contributed by atoms with van der Waals surface area (Å²) >= 11 is 19.1. The fourth-order valence-corrected chi connectivity index (χ4v) is 6.08. The van der Waals surface area contributed by atoms with Crippen LogP contribution in [0.3, 0.4) is 0 Å². The molecule has 2 atom stereocenters. The predicted molar refractivity (Wildman–Crippen MR) is 156 cm³/mol. The van der Waals surface area contributed by atoms with Gasteiger partial charge in [-0.05, 0) is 89.8 Å². The number of ether oxygens (including phenoxy) is 1. The van der Waals surface area contributed by atoms with E-state index < -0.39 is 5.60 Å². The zero-order valence-electron chi connectivity index (χ0n) is 22.9. The minimum atomic E-state index is -0.471. The summed E-state index contributed by atoms with van der Waals surface area (Å²) in [6.45, 7) is 12.9. The Balaban J connectivity index is 1.42. The van der Waals surface area contributed by atoms with Crippen molar-refractivity contribution in [1.29, 1.82) is 0 Å². The molecule has 0 spiro atoms. The smallest absolute Gasteiger partial charge is 0.410 e. The van der Waals surface area contributed by atoms with Gasteiger partial charge in [-0.2, -0.15) is 4.98 Å². The van der Waals surface area contributed by atoms with Crippen molar-refractivity contribution in [3.8, 4) is 0 Å². The predicted octanol–water partition coefficient (Wildman–Crippen LogP) is 7.78. The molecule has 2 aliphatic heterocycles. The van der Waals surface area contributed by atoms with Crippen LogP contribution in [0.25, 0.3) is 0 Å². The monoisotopic (exact) mass is 581 g/mol. The van der Waals surface area contributed by atoms with Crippen LogP contribution >= 0.6 is 34.8 Å². The number of nitrogens with zero attached hydrogens (tertiary/aromatic N) is 4. The minimum Gasteiger partial charge on any atom is -0.444 e. The Morgan fingerprint density at radius 2 is 1.79 bits per heavy atom. The third kappa shape index (κ3) is 7.16. The molecule has 7 nitrogen and oxygen atoms in total. The highest BCUT2D eigenvalue weighted by Crippen LogP contribution is 2.35. The normalized spacial score (nSPS) is 19.8. The minimum absolute atomic E-state index is 0.122. The Labute approximate surface area is 241 Å². The van der Waals surface area contributed by atoms with Crippen LogP contribution in [0.2, 0.25) is 15.1 Å². The molecule has 1 aromatic heterocycles. The Bertz CT molecular complexity index is 1150. The molecule has 0 bridgehead atoms. The number of carbonyl (C=O) groups is 1. The molecule has 2 saturated heterocycles. The molecule has 2 unspecified atom stereocenters. The highest BCUT2D eigenvalue weighted by Gasteiger charge is 2.33. The number of halogens is 3. The number of benzene rings is 1. The fourth-order valence-electron chi connectivity index (χ4n) is 5.37. The molecular formula is C28H38Cl3N5O2. The van der Waals surface area contributed by atoms with Crippen molar-refractivity contribution in [3.05, 3.63) is 44.5 Å². The molecule has 2 aliphatic rings. The van der Waals surface area contributed by atoms with Gasteiger partial charge in [0.1, 0.15) is 10.6 Å². The van der Waals surface area contributed by atoms with Crippen LogP contribution in [0.15, 0.2) is 18.2 Å². The maximum absolute atomic E-state index is 12.5. The summed E-state index contributed by atoms with van der Waals surface area (Å²) in [5.41, 5.74) is 1.18. The number of likely N-dealkylation sites (tertiary alicyclic amines) is 1. The van der Waals surface area contributed by atoms with Gasteiger partial charge < -0.3 is 19.9 Å². The fraction of sp³-hybridized carbons (Fsp3) is 0.607. The highest BCUT2D eigenvalue weighted by molar-refractivity contribution is 6.35. The van der Waals surface area contributed by atoms with E-state index in [1.807, 2.05) is 51.7 Å². The number of aromatic nitrogens is 2. The number of rotatable bonds is 5. The molecular weight excluding hydrogens is 545 g/mol. The zero-order valence-corrected chi connectivity index (χ0v) is 25.1. The van der Waals surface area contributed by atoms with E-state index in [0.717, 1.165) is 56.7 Å². The summed E-state index contributed by atoms with van der Waals surface area (Å²) < 4.78 is 5.56. The Morgan fingerprint density at radius 3 is 2.45 bits per heavy atom.